The fraction of sp³-hybridized carbons (Fsp3) is 0.364. The van der Waals surface area contributed by atoms with E-state index >= 15 is 0 Å². The van der Waals surface area contributed by atoms with Crippen LogP contribution < -0.4 is 0 Å². The van der Waals surface area contributed by atoms with E-state index in [-0.39, 0.29) is 6.42 Å². The van der Waals surface area contributed by atoms with Crippen molar-refractivity contribution in [1.29, 1.82) is 0 Å². The lowest BCUT2D eigenvalue weighted by molar-refractivity contribution is -0.117. The Morgan fingerprint density at radius 1 is 1.29 bits per heavy atom. The zero-order valence-corrected chi connectivity index (χ0v) is 11.7. The van der Waals surface area contributed by atoms with Gasteiger partial charge in [-0.15, -0.1) is 0 Å². The van der Waals surface area contributed by atoms with Crippen LogP contribution >= 0.6 is 23.2 Å². The summed E-state index contributed by atoms with van der Waals surface area (Å²) in [5, 5.41) is -0.312. The van der Waals surface area contributed by atoms with Crippen molar-refractivity contribution in [3.63, 3.8) is 0 Å². The van der Waals surface area contributed by atoms with E-state index in [4.69, 9.17) is 23.2 Å². The number of sulfone groups is 1. The lowest BCUT2D eigenvalue weighted by atomic mass is 10.1. The number of benzene rings is 1. The number of rotatable bonds is 4. The van der Waals surface area contributed by atoms with Gasteiger partial charge >= 0.3 is 0 Å². The molecule has 0 aliphatic heterocycles. The number of Topliss-reactive ketones (excluding diaryl/α,β-unsaturated/α-hetero) is 1. The quantitative estimate of drug-likeness (QED) is 0.857. The summed E-state index contributed by atoms with van der Waals surface area (Å²) in [5.74, 6) is -0.414. The van der Waals surface area contributed by atoms with E-state index in [0.29, 0.717) is 15.6 Å². The highest BCUT2D eigenvalue weighted by Gasteiger charge is 2.24. The topological polar surface area (TPSA) is 51.2 Å². The molecule has 0 N–H and O–H groups in total. The standard InChI is InChI=1S/C11H12Cl2O3S/c1-7(17(2,15)16)11(14)6-8-9(12)4-3-5-10(8)13/h3-5,7H,6H2,1-2H3. The zero-order valence-electron chi connectivity index (χ0n) is 9.41. The van der Waals surface area contributed by atoms with Crippen molar-refractivity contribution >= 4 is 38.8 Å². The van der Waals surface area contributed by atoms with E-state index in [1.165, 1.54) is 6.92 Å². The average molecular weight is 295 g/mol. The first-order valence-electron chi connectivity index (χ1n) is 4.88. The molecule has 3 nitrogen and oxygen atoms in total. The summed E-state index contributed by atoms with van der Waals surface area (Å²) in [6.07, 6.45) is 0.955. The van der Waals surface area contributed by atoms with Crippen LogP contribution in [0.25, 0.3) is 0 Å². The maximum atomic E-state index is 11.8. The molecule has 94 valence electrons. The Balaban J connectivity index is 2.97. The molecule has 1 aromatic rings. The molecule has 17 heavy (non-hydrogen) atoms. The van der Waals surface area contributed by atoms with Gasteiger partial charge in [0.25, 0.3) is 0 Å². The van der Waals surface area contributed by atoms with E-state index in [0.717, 1.165) is 6.26 Å². The smallest absolute Gasteiger partial charge is 0.157 e. The molecule has 1 aromatic carbocycles. The van der Waals surface area contributed by atoms with Gasteiger partial charge < -0.3 is 0 Å². The van der Waals surface area contributed by atoms with E-state index in [1.807, 2.05) is 0 Å². The minimum Gasteiger partial charge on any atom is -0.298 e. The molecule has 0 aliphatic carbocycles. The Kier molecular flexibility index (Phi) is 4.58. The maximum Gasteiger partial charge on any atom is 0.157 e. The van der Waals surface area contributed by atoms with Crippen LogP contribution in [0.5, 0.6) is 0 Å². The summed E-state index contributed by atoms with van der Waals surface area (Å²) >= 11 is 11.8. The second-order valence-corrected chi connectivity index (χ2v) is 7.00. The minimum atomic E-state index is -3.38. The highest BCUT2D eigenvalue weighted by atomic mass is 35.5. The highest BCUT2D eigenvalue weighted by molar-refractivity contribution is 7.92. The Hall–Kier alpha value is -0.580. The number of halogens is 2. The van der Waals surface area contributed by atoms with Crippen LogP contribution in [0.3, 0.4) is 0 Å². The average Bonchev–Trinajstić information content (AvgIpc) is 2.21. The first-order valence-corrected chi connectivity index (χ1v) is 7.59. The SMILES string of the molecule is CC(C(=O)Cc1c(Cl)cccc1Cl)S(C)(=O)=O. The lowest BCUT2D eigenvalue weighted by Gasteiger charge is -2.10. The van der Waals surface area contributed by atoms with Gasteiger partial charge in [0.2, 0.25) is 0 Å². The molecular weight excluding hydrogens is 283 g/mol. The van der Waals surface area contributed by atoms with Crippen LogP contribution in [0, 0.1) is 0 Å². The summed E-state index contributed by atoms with van der Waals surface area (Å²) < 4.78 is 22.5. The van der Waals surface area contributed by atoms with Crippen LogP contribution in [-0.2, 0) is 21.1 Å². The van der Waals surface area contributed by atoms with Crippen LogP contribution in [0.15, 0.2) is 18.2 Å². The molecule has 0 heterocycles. The van der Waals surface area contributed by atoms with Gasteiger partial charge in [0.1, 0.15) is 5.25 Å². The first kappa shape index (κ1) is 14.5. The maximum absolute atomic E-state index is 11.8. The van der Waals surface area contributed by atoms with Crippen molar-refractivity contribution in [2.45, 2.75) is 18.6 Å². The van der Waals surface area contributed by atoms with Gasteiger partial charge in [-0.3, -0.25) is 4.79 Å². The Morgan fingerprint density at radius 3 is 2.18 bits per heavy atom. The van der Waals surface area contributed by atoms with Crippen molar-refractivity contribution < 1.29 is 13.2 Å². The number of ketones is 1. The monoisotopic (exact) mass is 294 g/mol. The Morgan fingerprint density at radius 2 is 1.76 bits per heavy atom. The van der Waals surface area contributed by atoms with Crippen LogP contribution in [0.1, 0.15) is 12.5 Å². The van der Waals surface area contributed by atoms with E-state index in [2.05, 4.69) is 0 Å². The van der Waals surface area contributed by atoms with Crippen LogP contribution in [0.4, 0.5) is 0 Å². The third kappa shape index (κ3) is 3.69. The van der Waals surface area contributed by atoms with Gasteiger partial charge in [0.15, 0.2) is 15.6 Å². The molecule has 1 rings (SSSR count). The van der Waals surface area contributed by atoms with Crippen LogP contribution in [-0.4, -0.2) is 25.7 Å². The van der Waals surface area contributed by atoms with Gasteiger partial charge in [-0.1, -0.05) is 29.3 Å². The molecule has 0 fully saturated rings. The zero-order chi connectivity index (χ0) is 13.2. The fourth-order valence-corrected chi connectivity index (χ4v) is 2.35. The molecule has 1 atom stereocenters. The third-order valence-electron chi connectivity index (χ3n) is 2.51. The molecule has 0 saturated carbocycles. The first-order chi connectivity index (χ1) is 7.73. The van der Waals surface area contributed by atoms with E-state index in [9.17, 15) is 13.2 Å². The molecule has 0 amide bonds. The molecule has 6 heteroatoms. The fourth-order valence-electron chi connectivity index (χ4n) is 1.26. The minimum absolute atomic E-state index is 0.0766. The van der Waals surface area contributed by atoms with E-state index < -0.39 is 20.9 Å². The molecule has 1 unspecified atom stereocenters. The molecule has 0 aliphatic rings. The summed E-state index contributed by atoms with van der Waals surface area (Å²) in [5.41, 5.74) is 0.469. The lowest BCUT2D eigenvalue weighted by Crippen LogP contribution is -2.27. The van der Waals surface area contributed by atoms with Gasteiger partial charge in [-0.2, -0.15) is 0 Å². The van der Waals surface area contributed by atoms with Crippen molar-refractivity contribution in [2.24, 2.45) is 0 Å². The van der Waals surface area contributed by atoms with Gasteiger partial charge in [0, 0.05) is 22.7 Å². The number of carbonyl (C=O) groups excluding carboxylic acids is 1. The number of hydrogen-bond donors (Lipinski definition) is 0. The van der Waals surface area contributed by atoms with E-state index in [1.54, 1.807) is 18.2 Å². The summed E-state index contributed by atoms with van der Waals surface area (Å²) in [7, 11) is -3.38. The predicted octanol–water partition coefficient (Wildman–Crippen LogP) is 2.54. The van der Waals surface area contributed by atoms with Crippen molar-refractivity contribution in [1.82, 2.24) is 0 Å². The van der Waals surface area contributed by atoms with Crippen LogP contribution in [0.2, 0.25) is 10.0 Å². The number of carbonyl (C=O) groups is 1. The molecule has 0 aromatic heterocycles. The second-order valence-electron chi connectivity index (χ2n) is 3.82. The molecular formula is C11H12Cl2O3S. The predicted molar refractivity (Wildman–Crippen MR) is 69.5 cm³/mol. The van der Waals surface area contributed by atoms with Crippen molar-refractivity contribution in [3.05, 3.63) is 33.8 Å². The molecule has 0 radical (unpaired) electrons. The number of hydrogen-bond acceptors (Lipinski definition) is 3. The molecule has 0 spiro atoms. The van der Waals surface area contributed by atoms with Gasteiger partial charge in [0.05, 0.1) is 0 Å². The van der Waals surface area contributed by atoms with Gasteiger partial charge in [-0.25, -0.2) is 8.42 Å². The molecule has 0 bridgehead atoms. The summed E-state index contributed by atoms with van der Waals surface area (Å²) in [6, 6.07) is 4.89. The highest BCUT2D eigenvalue weighted by Crippen LogP contribution is 2.25. The van der Waals surface area contributed by atoms with Gasteiger partial charge in [-0.05, 0) is 24.6 Å². The van der Waals surface area contributed by atoms with Crippen molar-refractivity contribution in [3.8, 4) is 0 Å². The third-order valence-corrected chi connectivity index (χ3v) is 4.76. The Bertz CT molecular complexity index is 517. The summed E-state index contributed by atoms with van der Waals surface area (Å²) in [4.78, 5) is 11.8. The Labute approximate surface area is 111 Å². The van der Waals surface area contributed by atoms with Crippen molar-refractivity contribution in [2.75, 3.05) is 6.26 Å². The normalized spacial score (nSPS) is 13.4. The second kappa shape index (κ2) is 5.38. The molecule has 0 saturated heterocycles. The summed E-state index contributed by atoms with van der Waals surface area (Å²) in [6.45, 7) is 1.36. The largest absolute Gasteiger partial charge is 0.298 e.